The monoisotopic (exact) mass is 339 g/mol. The van der Waals surface area contributed by atoms with Gasteiger partial charge in [-0.3, -0.25) is 9.78 Å². The van der Waals surface area contributed by atoms with Crippen molar-refractivity contribution in [3.63, 3.8) is 0 Å². The molecule has 6 nitrogen and oxygen atoms in total. The van der Waals surface area contributed by atoms with Crippen LogP contribution in [-0.2, 0) is 4.74 Å². The number of carbonyl (C=O) groups is 1. The summed E-state index contributed by atoms with van der Waals surface area (Å²) in [5, 5.41) is 0. The van der Waals surface area contributed by atoms with Crippen LogP contribution in [0.5, 0.6) is 5.88 Å². The normalized spacial score (nSPS) is 25.0. The zero-order valence-electron chi connectivity index (χ0n) is 14.0. The summed E-state index contributed by atoms with van der Waals surface area (Å²) in [4.78, 5) is 22.6. The topological polar surface area (TPSA) is 64.6 Å². The molecule has 25 heavy (non-hydrogen) atoms. The molecular weight excluding hydrogens is 318 g/mol. The van der Waals surface area contributed by atoms with E-state index < -0.39 is 0 Å². The first-order chi connectivity index (χ1) is 12.3. The molecule has 0 spiro atoms. The highest BCUT2D eigenvalue weighted by Gasteiger charge is 2.45. The number of aromatic nitrogens is 2. The van der Waals surface area contributed by atoms with E-state index in [0.717, 1.165) is 19.6 Å². The number of nitrogens with zero attached hydrogens (tertiary/aromatic N) is 3. The van der Waals surface area contributed by atoms with Crippen LogP contribution in [0, 0.1) is 11.8 Å². The Balaban J connectivity index is 1.31. The minimum atomic E-state index is 0.0592. The molecule has 0 N–H and O–H groups in total. The Hall–Kier alpha value is -2.47. The zero-order valence-corrected chi connectivity index (χ0v) is 14.0. The lowest BCUT2D eigenvalue weighted by Crippen LogP contribution is -2.31. The summed E-state index contributed by atoms with van der Waals surface area (Å²) < 4.78 is 11.6. The van der Waals surface area contributed by atoms with Crippen LogP contribution in [0.1, 0.15) is 16.8 Å². The molecule has 0 unspecified atom stereocenters. The summed E-state index contributed by atoms with van der Waals surface area (Å²) in [6.45, 7) is 2.79. The molecule has 2 aromatic heterocycles. The molecule has 2 saturated heterocycles. The van der Waals surface area contributed by atoms with Crippen LogP contribution < -0.4 is 4.74 Å². The predicted octanol–water partition coefficient (Wildman–Crippen LogP) is 2.03. The number of hydrogen-bond donors (Lipinski definition) is 0. The maximum Gasteiger partial charge on any atom is 0.254 e. The van der Waals surface area contributed by atoms with Gasteiger partial charge in [0.2, 0.25) is 5.88 Å². The van der Waals surface area contributed by atoms with E-state index in [9.17, 15) is 4.79 Å². The van der Waals surface area contributed by atoms with Crippen molar-refractivity contribution in [3.05, 3.63) is 54.5 Å². The van der Waals surface area contributed by atoms with E-state index in [1.54, 1.807) is 30.7 Å². The summed E-state index contributed by atoms with van der Waals surface area (Å²) in [7, 11) is 0. The Kier molecular flexibility index (Phi) is 4.61. The van der Waals surface area contributed by atoms with E-state index in [1.165, 1.54) is 0 Å². The third-order valence-electron chi connectivity index (χ3n) is 5.03. The van der Waals surface area contributed by atoms with E-state index in [-0.39, 0.29) is 12.0 Å². The molecule has 1 amide bonds. The van der Waals surface area contributed by atoms with Crippen LogP contribution in [0.15, 0.2) is 48.9 Å². The van der Waals surface area contributed by atoms with E-state index in [2.05, 4.69) is 9.97 Å². The number of rotatable bonds is 5. The summed E-state index contributed by atoms with van der Waals surface area (Å²) in [6.07, 6.45) is 6.08. The van der Waals surface area contributed by atoms with Gasteiger partial charge < -0.3 is 14.4 Å². The molecule has 0 aliphatic carbocycles. The van der Waals surface area contributed by atoms with Gasteiger partial charge in [0, 0.05) is 49.2 Å². The second-order valence-electron chi connectivity index (χ2n) is 6.55. The third-order valence-corrected chi connectivity index (χ3v) is 5.03. The number of hydrogen-bond acceptors (Lipinski definition) is 5. The highest BCUT2D eigenvalue weighted by molar-refractivity contribution is 5.94. The Labute approximate surface area is 146 Å². The molecule has 0 saturated carbocycles. The molecule has 4 heterocycles. The Morgan fingerprint density at radius 3 is 2.88 bits per heavy atom. The average molecular weight is 339 g/mol. The number of carbonyl (C=O) groups excluding carboxylic acids is 1. The third kappa shape index (κ3) is 3.49. The van der Waals surface area contributed by atoms with Crippen molar-refractivity contribution in [1.29, 1.82) is 0 Å². The van der Waals surface area contributed by atoms with E-state index in [0.29, 0.717) is 36.4 Å². The van der Waals surface area contributed by atoms with Crippen molar-refractivity contribution >= 4 is 5.91 Å². The van der Waals surface area contributed by atoms with Crippen LogP contribution in [0.4, 0.5) is 0 Å². The van der Waals surface area contributed by atoms with E-state index in [1.807, 2.05) is 23.1 Å². The van der Waals surface area contributed by atoms with Crippen LogP contribution >= 0.6 is 0 Å². The zero-order chi connectivity index (χ0) is 17.1. The second-order valence-corrected chi connectivity index (χ2v) is 6.55. The number of pyridine rings is 2. The average Bonchev–Trinajstić information content (AvgIpc) is 3.24. The van der Waals surface area contributed by atoms with Crippen molar-refractivity contribution in [2.24, 2.45) is 11.8 Å². The summed E-state index contributed by atoms with van der Waals surface area (Å²) in [6, 6.07) is 9.16. The fourth-order valence-corrected chi connectivity index (χ4v) is 3.69. The molecule has 3 atom stereocenters. The van der Waals surface area contributed by atoms with Gasteiger partial charge in [-0.1, -0.05) is 6.07 Å². The van der Waals surface area contributed by atoms with Gasteiger partial charge >= 0.3 is 0 Å². The van der Waals surface area contributed by atoms with Gasteiger partial charge in [-0.2, -0.15) is 0 Å². The predicted molar refractivity (Wildman–Crippen MR) is 91.2 cm³/mol. The maximum atomic E-state index is 12.6. The van der Waals surface area contributed by atoms with Crippen molar-refractivity contribution in [2.75, 3.05) is 26.3 Å². The maximum absolute atomic E-state index is 12.6. The van der Waals surface area contributed by atoms with Crippen molar-refractivity contribution < 1.29 is 14.3 Å². The fourth-order valence-electron chi connectivity index (χ4n) is 3.69. The van der Waals surface area contributed by atoms with Crippen molar-refractivity contribution in [3.8, 4) is 5.88 Å². The first kappa shape index (κ1) is 16.0. The summed E-state index contributed by atoms with van der Waals surface area (Å²) in [5.74, 6) is 1.52. The first-order valence-electron chi connectivity index (χ1n) is 8.66. The second kappa shape index (κ2) is 7.19. The van der Waals surface area contributed by atoms with Gasteiger partial charge in [0.1, 0.15) is 0 Å². The molecule has 6 heteroatoms. The highest BCUT2D eigenvalue weighted by atomic mass is 16.5. The van der Waals surface area contributed by atoms with Crippen molar-refractivity contribution in [2.45, 2.75) is 12.5 Å². The van der Waals surface area contributed by atoms with Crippen LogP contribution in [0.2, 0.25) is 0 Å². The molecule has 2 aliphatic rings. The largest absolute Gasteiger partial charge is 0.478 e. The Morgan fingerprint density at radius 1 is 1.20 bits per heavy atom. The van der Waals surface area contributed by atoms with E-state index in [4.69, 9.17) is 9.47 Å². The fraction of sp³-hybridized carbons (Fsp3) is 0.421. The molecule has 0 radical (unpaired) electrons. The van der Waals surface area contributed by atoms with Gasteiger partial charge in [-0.25, -0.2) is 4.98 Å². The SMILES string of the molecule is O=C(c1ccncc1)N1C[C@H]2[C@@H](CCOc3ccccn3)CO[C@H]2C1. The quantitative estimate of drug-likeness (QED) is 0.834. The number of likely N-dealkylation sites (tertiary alicyclic amines) is 1. The first-order valence-corrected chi connectivity index (χ1v) is 8.66. The van der Waals surface area contributed by atoms with Crippen LogP contribution in [0.3, 0.4) is 0 Å². The Morgan fingerprint density at radius 2 is 2.08 bits per heavy atom. The lowest BCUT2D eigenvalue weighted by Gasteiger charge is -2.20. The van der Waals surface area contributed by atoms with Crippen LogP contribution in [-0.4, -0.2) is 53.2 Å². The molecule has 0 aromatic carbocycles. The molecule has 2 fully saturated rings. The van der Waals surface area contributed by atoms with Gasteiger partial charge in [-0.05, 0) is 30.5 Å². The van der Waals surface area contributed by atoms with Crippen molar-refractivity contribution in [1.82, 2.24) is 14.9 Å². The molecule has 0 bridgehead atoms. The minimum Gasteiger partial charge on any atom is -0.478 e. The lowest BCUT2D eigenvalue weighted by molar-refractivity contribution is 0.0672. The smallest absolute Gasteiger partial charge is 0.254 e. The highest BCUT2D eigenvalue weighted by Crippen LogP contribution is 2.36. The van der Waals surface area contributed by atoms with Gasteiger partial charge in [-0.15, -0.1) is 0 Å². The van der Waals surface area contributed by atoms with Gasteiger partial charge in [0.15, 0.2) is 0 Å². The van der Waals surface area contributed by atoms with Crippen LogP contribution in [0.25, 0.3) is 0 Å². The molecule has 130 valence electrons. The molecular formula is C19H21N3O3. The molecule has 4 rings (SSSR count). The molecule has 2 aliphatic heterocycles. The van der Waals surface area contributed by atoms with Gasteiger partial charge in [0.25, 0.3) is 5.91 Å². The Bertz CT molecular complexity index is 710. The number of amides is 1. The standard InChI is InChI=1S/C19H21N3O3/c23-19(14-4-8-20-9-5-14)22-11-16-15(13-25-17(16)12-22)6-10-24-18-3-1-2-7-21-18/h1-5,7-9,15-17H,6,10-13H2/t15-,16-,17-/m0/s1. The minimum absolute atomic E-state index is 0.0592. The van der Waals surface area contributed by atoms with Gasteiger partial charge in [0.05, 0.1) is 19.3 Å². The number of ether oxygens (including phenoxy) is 2. The molecule has 2 aromatic rings. The number of fused-ring (bicyclic) bond motifs is 1. The summed E-state index contributed by atoms with van der Waals surface area (Å²) in [5.41, 5.74) is 0.685. The van der Waals surface area contributed by atoms with E-state index >= 15 is 0 Å². The lowest BCUT2D eigenvalue weighted by atomic mass is 9.91. The summed E-state index contributed by atoms with van der Waals surface area (Å²) >= 11 is 0.